The Balaban J connectivity index is 2.27. The standard InChI is InChI=1S/C16H18N2O/c1-10-5-6-16(14(7-10)9-17)18-12(3)15-8-11(2)19-13(15)4/h5-8,12,18H,1-4H3. The van der Waals surface area contributed by atoms with Crippen LogP contribution in [0.25, 0.3) is 0 Å². The molecule has 3 heteroatoms. The molecule has 0 aliphatic carbocycles. The van der Waals surface area contributed by atoms with Crippen LogP contribution in [0.4, 0.5) is 5.69 Å². The minimum Gasteiger partial charge on any atom is -0.466 e. The minimum atomic E-state index is 0.104. The fourth-order valence-corrected chi connectivity index (χ4v) is 2.27. The lowest BCUT2D eigenvalue weighted by Gasteiger charge is -2.16. The van der Waals surface area contributed by atoms with E-state index in [0.717, 1.165) is 28.3 Å². The Hall–Kier alpha value is -2.21. The molecule has 19 heavy (non-hydrogen) atoms. The number of rotatable bonds is 3. The molecule has 98 valence electrons. The third-order valence-electron chi connectivity index (χ3n) is 3.21. The molecule has 0 fully saturated rings. The van der Waals surface area contributed by atoms with E-state index in [2.05, 4.69) is 18.3 Å². The summed E-state index contributed by atoms with van der Waals surface area (Å²) in [5.41, 5.74) is 3.75. The fraction of sp³-hybridized carbons (Fsp3) is 0.312. The van der Waals surface area contributed by atoms with E-state index >= 15 is 0 Å². The van der Waals surface area contributed by atoms with Crippen molar-refractivity contribution < 1.29 is 4.42 Å². The van der Waals surface area contributed by atoms with Crippen LogP contribution in [0.15, 0.2) is 28.7 Å². The molecule has 0 aliphatic rings. The molecular formula is C16H18N2O. The van der Waals surface area contributed by atoms with Crippen LogP contribution in [0, 0.1) is 32.1 Å². The topological polar surface area (TPSA) is 49.0 Å². The molecular weight excluding hydrogens is 236 g/mol. The predicted molar refractivity (Wildman–Crippen MR) is 76.1 cm³/mol. The summed E-state index contributed by atoms with van der Waals surface area (Å²) in [5.74, 6) is 1.83. The minimum absolute atomic E-state index is 0.104. The van der Waals surface area contributed by atoms with Crippen molar-refractivity contribution >= 4 is 5.69 Å². The van der Waals surface area contributed by atoms with Gasteiger partial charge in [-0.05, 0) is 51.5 Å². The van der Waals surface area contributed by atoms with Gasteiger partial charge in [0.1, 0.15) is 17.6 Å². The molecule has 1 N–H and O–H groups in total. The first-order valence-corrected chi connectivity index (χ1v) is 6.35. The number of hydrogen-bond donors (Lipinski definition) is 1. The molecule has 0 radical (unpaired) electrons. The maximum atomic E-state index is 9.18. The number of furan rings is 1. The van der Waals surface area contributed by atoms with Crippen LogP contribution in [0.1, 0.15) is 41.2 Å². The Bertz CT molecular complexity index is 635. The molecule has 0 aliphatic heterocycles. The van der Waals surface area contributed by atoms with Crippen molar-refractivity contribution in [1.82, 2.24) is 0 Å². The smallest absolute Gasteiger partial charge is 0.106 e. The van der Waals surface area contributed by atoms with Crippen molar-refractivity contribution in [3.8, 4) is 6.07 Å². The second kappa shape index (κ2) is 5.19. The van der Waals surface area contributed by atoms with Gasteiger partial charge in [0.15, 0.2) is 0 Å². The second-order valence-corrected chi connectivity index (χ2v) is 4.90. The van der Waals surface area contributed by atoms with Gasteiger partial charge >= 0.3 is 0 Å². The van der Waals surface area contributed by atoms with Crippen molar-refractivity contribution in [2.24, 2.45) is 0 Å². The highest BCUT2D eigenvalue weighted by Crippen LogP contribution is 2.26. The van der Waals surface area contributed by atoms with Crippen LogP contribution in [-0.4, -0.2) is 0 Å². The number of nitriles is 1. The zero-order chi connectivity index (χ0) is 14.0. The van der Waals surface area contributed by atoms with Gasteiger partial charge in [0, 0.05) is 5.56 Å². The summed E-state index contributed by atoms with van der Waals surface area (Å²) in [6.45, 7) is 7.95. The van der Waals surface area contributed by atoms with E-state index in [1.807, 2.05) is 45.0 Å². The van der Waals surface area contributed by atoms with Gasteiger partial charge in [-0.3, -0.25) is 0 Å². The van der Waals surface area contributed by atoms with E-state index in [0.29, 0.717) is 5.56 Å². The van der Waals surface area contributed by atoms with Crippen molar-refractivity contribution in [2.75, 3.05) is 5.32 Å². The highest BCUT2D eigenvalue weighted by molar-refractivity contribution is 5.59. The van der Waals surface area contributed by atoms with E-state index in [1.54, 1.807) is 0 Å². The number of nitrogens with one attached hydrogen (secondary N) is 1. The first-order chi connectivity index (χ1) is 9.01. The summed E-state index contributed by atoms with van der Waals surface area (Å²) in [6, 6.07) is 10.2. The molecule has 2 rings (SSSR count). The molecule has 0 bridgehead atoms. The predicted octanol–water partition coefficient (Wildman–Crippen LogP) is 4.25. The van der Waals surface area contributed by atoms with Gasteiger partial charge in [0.25, 0.3) is 0 Å². The molecule has 0 spiro atoms. The molecule has 0 amide bonds. The number of nitrogens with zero attached hydrogens (tertiary/aromatic N) is 1. The second-order valence-electron chi connectivity index (χ2n) is 4.90. The van der Waals surface area contributed by atoms with E-state index in [1.165, 1.54) is 0 Å². The molecule has 3 nitrogen and oxygen atoms in total. The molecule has 0 saturated carbocycles. The molecule has 1 aromatic heterocycles. The van der Waals surface area contributed by atoms with E-state index < -0.39 is 0 Å². The normalized spacial score (nSPS) is 11.9. The summed E-state index contributed by atoms with van der Waals surface area (Å²) in [4.78, 5) is 0. The number of hydrogen-bond acceptors (Lipinski definition) is 3. The number of anilines is 1. The zero-order valence-electron chi connectivity index (χ0n) is 11.7. The highest BCUT2D eigenvalue weighted by Gasteiger charge is 2.14. The third-order valence-corrected chi connectivity index (χ3v) is 3.21. The van der Waals surface area contributed by atoms with Gasteiger partial charge < -0.3 is 9.73 Å². The molecule has 1 atom stereocenters. The van der Waals surface area contributed by atoms with Gasteiger partial charge in [0.2, 0.25) is 0 Å². The van der Waals surface area contributed by atoms with Crippen LogP contribution in [-0.2, 0) is 0 Å². The van der Waals surface area contributed by atoms with Gasteiger partial charge in [-0.1, -0.05) is 6.07 Å². The zero-order valence-corrected chi connectivity index (χ0v) is 11.7. The average Bonchev–Trinajstić information content (AvgIpc) is 2.70. The first kappa shape index (κ1) is 13.2. The van der Waals surface area contributed by atoms with E-state index in [4.69, 9.17) is 4.42 Å². The Morgan fingerprint density at radius 1 is 1.21 bits per heavy atom. The van der Waals surface area contributed by atoms with Gasteiger partial charge in [-0.15, -0.1) is 0 Å². The summed E-state index contributed by atoms with van der Waals surface area (Å²) in [6.07, 6.45) is 0. The van der Waals surface area contributed by atoms with E-state index in [-0.39, 0.29) is 6.04 Å². The lowest BCUT2D eigenvalue weighted by Crippen LogP contribution is -2.08. The lowest BCUT2D eigenvalue weighted by molar-refractivity contribution is 0.500. The van der Waals surface area contributed by atoms with Crippen LogP contribution in [0.5, 0.6) is 0 Å². The quantitative estimate of drug-likeness (QED) is 0.890. The van der Waals surface area contributed by atoms with Crippen molar-refractivity contribution in [1.29, 1.82) is 5.26 Å². The van der Waals surface area contributed by atoms with Crippen LogP contribution >= 0.6 is 0 Å². The van der Waals surface area contributed by atoms with Crippen LogP contribution in [0.2, 0.25) is 0 Å². The summed E-state index contributed by atoms with van der Waals surface area (Å²) in [7, 11) is 0. The third kappa shape index (κ3) is 2.79. The molecule has 1 unspecified atom stereocenters. The van der Waals surface area contributed by atoms with Gasteiger partial charge in [-0.2, -0.15) is 5.26 Å². The summed E-state index contributed by atoms with van der Waals surface area (Å²) >= 11 is 0. The molecule has 0 saturated heterocycles. The van der Waals surface area contributed by atoms with Crippen molar-refractivity contribution in [3.05, 3.63) is 52.5 Å². The Kier molecular flexibility index (Phi) is 3.62. The van der Waals surface area contributed by atoms with Gasteiger partial charge in [-0.25, -0.2) is 0 Å². The number of benzene rings is 1. The largest absolute Gasteiger partial charge is 0.466 e. The maximum absolute atomic E-state index is 9.18. The molecule has 2 aromatic rings. The Labute approximate surface area is 113 Å². The lowest BCUT2D eigenvalue weighted by atomic mass is 10.1. The fourth-order valence-electron chi connectivity index (χ4n) is 2.27. The first-order valence-electron chi connectivity index (χ1n) is 6.35. The van der Waals surface area contributed by atoms with Crippen LogP contribution in [0.3, 0.4) is 0 Å². The molecule has 1 aromatic carbocycles. The summed E-state index contributed by atoms with van der Waals surface area (Å²) in [5, 5.41) is 12.6. The Morgan fingerprint density at radius 2 is 1.95 bits per heavy atom. The monoisotopic (exact) mass is 254 g/mol. The van der Waals surface area contributed by atoms with Crippen molar-refractivity contribution in [2.45, 2.75) is 33.7 Å². The summed E-state index contributed by atoms with van der Waals surface area (Å²) < 4.78 is 5.54. The maximum Gasteiger partial charge on any atom is 0.106 e. The average molecular weight is 254 g/mol. The van der Waals surface area contributed by atoms with E-state index in [9.17, 15) is 5.26 Å². The molecule has 1 heterocycles. The number of aryl methyl sites for hydroxylation is 3. The van der Waals surface area contributed by atoms with Crippen molar-refractivity contribution in [3.63, 3.8) is 0 Å². The van der Waals surface area contributed by atoms with Gasteiger partial charge in [0.05, 0.1) is 17.3 Å². The SMILES string of the molecule is Cc1ccc(NC(C)c2cc(C)oc2C)c(C#N)c1. The Morgan fingerprint density at radius 3 is 2.53 bits per heavy atom. The van der Waals surface area contributed by atoms with Crippen LogP contribution < -0.4 is 5.32 Å². The highest BCUT2D eigenvalue weighted by atomic mass is 16.3.